The molecule has 1 aromatic carbocycles. The fourth-order valence-electron chi connectivity index (χ4n) is 2.01. The molecule has 0 aliphatic heterocycles. The minimum atomic E-state index is 0.566. The molecular weight excluding hydrogens is 350 g/mol. The smallest absolute Gasteiger partial charge is 0.160 e. The molecule has 0 fully saturated rings. The van der Waals surface area contributed by atoms with Gasteiger partial charge < -0.3 is 9.47 Å². The van der Waals surface area contributed by atoms with E-state index in [1.54, 1.807) is 18.4 Å². The van der Waals surface area contributed by atoms with Gasteiger partial charge in [0.2, 0.25) is 0 Å². The lowest BCUT2D eigenvalue weighted by Gasteiger charge is -2.08. The Morgan fingerprint density at radius 2 is 1.90 bits per heavy atom. The van der Waals surface area contributed by atoms with Gasteiger partial charge in [0.15, 0.2) is 3.92 Å². The van der Waals surface area contributed by atoms with E-state index in [4.69, 9.17) is 9.47 Å². The molecule has 5 heteroatoms. The van der Waals surface area contributed by atoms with Gasteiger partial charge in [-0.1, -0.05) is 13.8 Å². The lowest BCUT2D eigenvalue weighted by atomic mass is 10.0. The van der Waals surface area contributed by atoms with Gasteiger partial charge in [-0.25, -0.2) is 4.98 Å². The fourth-order valence-corrected chi connectivity index (χ4v) is 3.79. The van der Waals surface area contributed by atoms with Gasteiger partial charge in [-0.05, 0) is 52.5 Å². The minimum Gasteiger partial charge on any atom is -0.491 e. The number of aromatic nitrogens is 1. The van der Waals surface area contributed by atoms with Crippen molar-refractivity contribution in [2.75, 3.05) is 20.3 Å². The van der Waals surface area contributed by atoms with Crippen molar-refractivity contribution in [3.05, 3.63) is 33.1 Å². The Kier molecular flexibility index (Phi) is 6.21. The third kappa shape index (κ3) is 4.80. The van der Waals surface area contributed by atoms with Crippen LogP contribution >= 0.6 is 27.3 Å². The average Bonchev–Trinajstić information content (AvgIpc) is 2.80. The number of hydrogen-bond donors (Lipinski definition) is 0. The van der Waals surface area contributed by atoms with E-state index in [1.807, 2.05) is 12.1 Å². The Hall–Kier alpha value is -0.910. The number of rotatable bonds is 7. The molecule has 1 heterocycles. The molecule has 0 spiro atoms. The second-order valence-corrected chi connectivity index (χ2v) is 7.56. The highest BCUT2D eigenvalue weighted by molar-refractivity contribution is 9.11. The monoisotopic (exact) mass is 369 g/mol. The van der Waals surface area contributed by atoms with Crippen molar-refractivity contribution in [2.45, 2.75) is 20.3 Å². The normalized spacial score (nSPS) is 11.1. The third-order valence-corrected chi connectivity index (χ3v) is 4.48. The SMILES string of the molecule is COCCOc1ccc(-c2nc(Br)sc2CC(C)C)cc1. The summed E-state index contributed by atoms with van der Waals surface area (Å²) in [5.41, 5.74) is 2.20. The quantitative estimate of drug-likeness (QED) is 0.657. The predicted octanol–water partition coefficient (Wildman–Crippen LogP) is 4.80. The van der Waals surface area contributed by atoms with Crippen molar-refractivity contribution >= 4 is 27.3 Å². The molecule has 0 amide bonds. The number of thiazole rings is 1. The summed E-state index contributed by atoms with van der Waals surface area (Å²) in [6, 6.07) is 8.09. The maximum Gasteiger partial charge on any atom is 0.160 e. The van der Waals surface area contributed by atoms with Crippen LogP contribution in [0.15, 0.2) is 28.2 Å². The van der Waals surface area contributed by atoms with E-state index in [2.05, 4.69) is 46.9 Å². The first kappa shape index (κ1) is 16.5. The van der Waals surface area contributed by atoms with Crippen molar-refractivity contribution in [1.82, 2.24) is 4.98 Å². The van der Waals surface area contributed by atoms with Crippen LogP contribution in [0.4, 0.5) is 0 Å². The van der Waals surface area contributed by atoms with E-state index in [0.717, 1.165) is 27.3 Å². The van der Waals surface area contributed by atoms with Crippen LogP contribution in [-0.4, -0.2) is 25.3 Å². The molecule has 2 aromatic rings. The second kappa shape index (κ2) is 7.92. The second-order valence-electron chi connectivity index (χ2n) is 5.20. The molecule has 0 atom stereocenters. The first-order valence-electron chi connectivity index (χ1n) is 6.97. The fraction of sp³-hybridized carbons (Fsp3) is 0.438. The predicted molar refractivity (Wildman–Crippen MR) is 91.2 cm³/mol. The zero-order chi connectivity index (χ0) is 15.2. The summed E-state index contributed by atoms with van der Waals surface area (Å²) in [5.74, 6) is 1.48. The summed E-state index contributed by atoms with van der Waals surface area (Å²) >= 11 is 5.21. The lowest BCUT2D eigenvalue weighted by molar-refractivity contribution is 0.146. The van der Waals surface area contributed by atoms with Gasteiger partial charge in [-0.3, -0.25) is 0 Å². The first-order valence-corrected chi connectivity index (χ1v) is 8.58. The maximum absolute atomic E-state index is 5.59. The molecule has 0 saturated heterocycles. The Morgan fingerprint density at radius 3 is 2.52 bits per heavy atom. The summed E-state index contributed by atoms with van der Waals surface area (Å²) in [5, 5.41) is 0. The van der Waals surface area contributed by atoms with Crippen molar-refractivity contribution in [3.63, 3.8) is 0 Å². The van der Waals surface area contributed by atoms with E-state index in [-0.39, 0.29) is 0 Å². The van der Waals surface area contributed by atoms with E-state index in [0.29, 0.717) is 19.1 Å². The van der Waals surface area contributed by atoms with Crippen molar-refractivity contribution in [2.24, 2.45) is 5.92 Å². The van der Waals surface area contributed by atoms with Gasteiger partial charge in [0.25, 0.3) is 0 Å². The van der Waals surface area contributed by atoms with E-state index >= 15 is 0 Å². The van der Waals surface area contributed by atoms with Crippen LogP contribution in [0.3, 0.4) is 0 Å². The van der Waals surface area contributed by atoms with E-state index in [9.17, 15) is 0 Å². The van der Waals surface area contributed by atoms with Gasteiger partial charge in [-0.2, -0.15) is 0 Å². The summed E-state index contributed by atoms with van der Waals surface area (Å²) < 4.78 is 11.5. The van der Waals surface area contributed by atoms with Gasteiger partial charge in [0.05, 0.1) is 12.3 Å². The highest BCUT2D eigenvalue weighted by Crippen LogP contribution is 2.33. The molecule has 0 aliphatic rings. The van der Waals surface area contributed by atoms with Crippen LogP contribution in [0.25, 0.3) is 11.3 Å². The highest BCUT2D eigenvalue weighted by atomic mass is 79.9. The van der Waals surface area contributed by atoms with Crippen LogP contribution in [-0.2, 0) is 11.2 Å². The molecule has 0 N–H and O–H groups in total. The largest absolute Gasteiger partial charge is 0.491 e. The zero-order valence-corrected chi connectivity index (χ0v) is 15.0. The van der Waals surface area contributed by atoms with Gasteiger partial charge in [0.1, 0.15) is 12.4 Å². The molecule has 0 radical (unpaired) electrons. The summed E-state index contributed by atoms with van der Waals surface area (Å²) in [6.45, 7) is 5.62. The molecule has 2 rings (SSSR count). The highest BCUT2D eigenvalue weighted by Gasteiger charge is 2.13. The Bertz CT molecular complexity index is 566. The maximum atomic E-state index is 5.59. The zero-order valence-electron chi connectivity index (χ0n) is 12.6. The number of ether oxygens (including phenoxy) is 2. The van der Waals surface area contributed by atoms with Crippen LogP contribution < -0.4 is 4.74 Å². The van der Waals surface area contributed by atoms with Crippen LogP contribution in [0.2, 0.25) is 0 Å². The molecule has 21 heavy (non-hydrogen) atoms. The Labute approximate surface area is 138 Å². The number of nitrogens with zero attached hydrogens (tertiary/aromatic N) is 1. The minimum absolute atomic E-state index is 0.566. The number of benzene rings is 1. The molecule has 0 bridgehead atoms. The number of hydrogen-bond acceptors (Lipinski definition) is 4. The molecule has 0 aliphatic carbocycles. The summed E-state index contributed by atoms with van der Waals surface area (Å²) in [4.78, 5) is 5.94. The summed E-state index contributed by atoms with van der Waals surface area (Å²) in [7, 11) is 1.67. The van der Waals surface area contributed by atoms with Crippen molar-refractivity contribution in [3.8, 4) is 17.0 Å². The first-order chi connectivity index (χ1) is 10.1. The lowest BCUT2D eigenvalue weighted by Crippen LogP contribution is -2.03. The Balaban J connectivity index is 2.14. The van der Waals surface area contributed by atoms with Gasteiger partial charge in [-0.15, -0.1) is 11.3 Å². The molecule has 1 aromatic heterocycles. The van der Waals surface area contributed by atoms with Gasteiger partial charge >= 0.3 is 0 Å². The van der Waals surface area contributed by atoms with E-state index in [1.165, 1.54) is 4.88 Å². The number of methoxy groups -OCH3 is 1. The molecule has 0 saturated carbocycles. The standard InChI is InChI=1S/C16H20BrNO2S/c1-11(2)10-14-15(18-16(17)21-14)12-4-6-13(7-5-12)20-9-8-19-3/h4-7,11H,8-10H2,1-3H3. The van der Waals surface area contributed by atoms with Crippen molar-refractivity contribution < 1.29 is 9.47 Å². The van der Waals surface area contributed by atoms with Crippen LogP contribution in [0.1, 0.15) is 18.7 Å². The van der Waals surface area contributed by atoms with Crippen LogP contribution in [0, 0.1) is 5.92 Å². The molecule has 3 nitrogen and oxygen atoms in total. The number of halogens is 1. The molecule has 114 valence electrons. The molecular formula is C16H20BrNO2S. The average molecular weight is 370 g/mol. The van der Waals surface area contributed by atoms with Crippen LogP contribution in [0.5, 0.6) is 5.75 Å². The Morgan fingerprint density at radius 1 is 1.19 bits per heavy atom. The van der Waals surface area contributed by atoms with E-state index < -0.39 is 0 Å². The topological polar surface area (TPSA) is 31.4 Å². The summed E-state index contributed by atoms with van der Waals surface area (Å²) in [6.07, 6.45) is 1.05. The molecule has 0 unspecified atom stereocenters. The van der Waals surface area contributed by atoms with Gasteiger partial charge in [0, 0.05) is 17.6 Å². The third-order valence-electron chi connectivity index (χ3n) is 2.95. The van der Waals surface area contributed by atoms with Crippen molar-refractivity contribution in [1.29, 1.82) is 0 Å².